The van der Waals surface area contributed by atoms with Crippen LogP contribution >= 0.6 is 0 Å². The predicted molar refractivity (Wildman–Crippen MR) is 105 cm³/mol. The number of morpholine rings is 1. The molecule has 1 N–H and O–H groups in total. The smallest absolute Gasteiger partial charge is 0.0881 e. The first-order valence-electron chi connectivity index (χ1n) is 9.42. The molecular weight excluding hydrogens is 310 g/mol. The van der Waals surface area contributed by atoms with Gasteiger partial charge in [0.15, 0.2) is 0 Å². The van der Waals surface area contributed by atoms with Gasteiger partial charge in [0.25, 0.3) is 0 Å². The highest BCUT2D eigenvalue weighted by atomic mass is 16.5. The van der Waals surface area contributed by atoms with Crippen molar-refractivity contribution < 1.29 is 4.74 Å². The molecule has 0 radical (unpaired) electrons. The first-order valence-corrected chi connectivity index (χ1v) is 9.42. The van der Waals surface area contributed by atoms with E-state index in [1.54, 1.807) is 0 Å². The van der Waals surface area contributed by atoms with Crippen LogP contribution in [0.2, 0.25) is 0 Å². The van der Waals surface area contributed by atoms with E-state index in [4.69, 9.17) is 4.74 Å². The normalized spacial score (nSPS) is 26.9. The van der Waals surface area contributed by atoms with E-state index in [1.807, 2.05) is 6.07 Å². The van der Waals surface area contributed by atoms with Gasteiger partial charge in [0.1, 0.15) is 0 Å². The van der Waals surface area contributed by atoms with E-state index in [0.29, 0.717) is 0 Å². The molecule has 2 atom stereocenters. The molecule has 25 heavy (non-hydrogen) atoms. The van der Waals surface area contributed by atoms with Crippen molar-refractivity contribution in [3.8, 4) is 0 Å². The van der Waals surface area contributed by atoms with Crippen LogP contribution in [0.15, 0.2) is 36.4 Å². The summed E-state index contributed by atoms with van der Waals surface area (Å²) >= 11 is 0. The van der Waals surface area contributed by atoms with Crippen LogP contribution in [0, 0.1) is 0 Å². The average molecular weight is 341 g/mol. The van der Waals surface area contributed by atoms with Gasteiger partial charge < -0.3 is 15.0 Å². The largest absolute Gasteiger partial charge is 0.370 e. The molecule has 0 amide bonds. The Morgan fingerprint density at radius 3 is 2.76 bits per heavy atom. The first-order chi connectivity index (χ1) is 12.2. The molecule has 0 aromatic heterocycles. The second kappa shape index (κ2) is 8.65. The molecule has 3 rings (SSSR count). The Labute approximate surface area is 151 Å². The zero-order chi connectivity index (χ0) is 17.6. The van der Waals surface area contributed by atoms with Gasteiger partial charge in [-0.1, -0.05) is 36.9 Å². The van der Waals surface area contributed by atoms with Gasteiger partial charge >= 0.3 is 0 Å². The Morgan fingerprint density at radius 1 is 1.28 bits per heavy atom. The number of ether oxygens (including phenoxy) is 1. The molecule has 2 aliphatic rings. The Bertz CT molecular complexity index is 693. The first kappa shape index (κ1) is 18.2. The lowest BCUT2D eigenvalue weighted by atomic mass is 10.1. The summed E-state index contributed by atoms with van der Waals surface area (Å²) in [4.78, 5) is 4.99. The highest BCUT2D eigenvalue weighted by molar-refractivity contribution is 5.55. The van der Waals surface area contributed by atoms with E-state index in [9.17, 15) is 0 Å². The van der Waals surface area contributed by atoms with E-state index in [2.05, 4.69) is 65.9 Å². The number of rotatable bonds is 4. The maximum atomic E-state index is 6.26. The zero-order valence-corrected chi connectivity index (χ0v) is 15.6. The zero-order valence-electron chi connectivity index (χ0n) is 15.6. The minimum atomic E-state index is 0.235. The van der Waals surface area contributed by atoms with Crippen molar-refractivity contribution in [2.75, 3.05) is 45.8 Å². The Hall–Kier alpha value is -1.62. The molecule has 0 bridgehead atoms. The van der Waals surface area contributed by atoms with E-state index in [1.165, 1.54) is 10.9 Å². The number of hydrogen-bond donors (Lipinski definition) is 1. The molecule has 4 nitrogen and oxygen atoms in total. The second-order valence-electron chi connectivity index (χ2n) is 7.07. The maximum absolute atomic E-state index is 6.26. The average Bonchev–Trinajstić information content (AvgIpc) is 2.61. The molecule has 1 aromatic rings. The fourth-order valence-corrected chi connectivity index (χ4v) is 3.82. The summed E-state index contributed by atoms with van der Waals surface area (Å²) in [5.41, 5.74) is 1.26. The van der Waals surface area contributed by atoms with Gasteiger partial charge in [-0.25, -0.2) is 0 Å². The van der Waals surface area contributed by atoms with Gasteiger partial charge in [0, 0.05) is 56.7 Å². The summed E-state index contributed by atoms with van der Waals surface area (Å²) in [7, 11) is 0. The van der Waals surface area contributed by atoms with Crippen LogP contribution in [0.1, 0.15) is 13.8 Å². The maximum Gasteiger partial charge on any atom is 0.0881 e. The molecule has 2 fully saturated rings. The van der Waals surface area contributed by atoms with Crippen LogP contribution < -0.4 is 15.8 Å². The van der Waals surface area contributed by atoms with E-state index in [-0.39, 0.29) is 12.2 Å². The van der Waals surface area contributed by atoms with Gasteiger partial charge in [0.2, 0.25) is 0 Å². The fourth-order valence-electron chi connectivity index (χ4n) is 3.82. The molecule has 2 saturated heterocycles. The quantitative estimate of drug-likeness (QED) is 0.876. The standard InChI is InChI=1S/C21H31N3O/c1-4-7-21(20-9-6-5-8-17(20)2)24-14-18(3)25-19(16-24)15-23-12-10-22-11-13-23/h4-9,18-19,22H,2,10-16H2,1,3H3/b7-4-,21-20+/t18-,19+/m1/s1. The number of hydrogen-bond acceptors (Lipinski definition) is 4. The molecule has 0 aliphatic carbocycles. The third-order valence-electron chi connectivity index (χ3n) is 4.96. The van der Waals surface area contributed by atoms with Crippen LogP contribution in [0.5, 0.6) is 0 Å². The van der Waals surface area contributed by atoms with E-state index >= 15 is 0 Å². The topological polar surface area (TPSA) is 27.7 Å². The van der Waals surface area contributed by atoms with Crippen LogP contribution in [0.4, 0.5) is 0 Å². The molecule has 136 valence electrons. The molecule has 0 saturated carbocycles. The summed E-state index contributed by atoms with van der Waals surface area (Å²) < 4.78 is 6.26. The number of benzene rings is 1. The van der Waals surface area contributed by atoms with Crippen molar-refractivity contribution in [3.63, 3.8) is 0 Å². The van der Waals surface area contributed by atoms with E-state index in [0.717, 1.165) is 51.0 Å². The number of allylic oxidation sites excluding steroid dienone is 1. The third-order valence-corrected chi connectivity index (χ3v) is 4.96. The van der Waals surface area contributed by atoms with Gasteiger partial charge in [-0.2, -0.15) is 0 Å². The molecule has 1 aromatic carbocycles. The van der Waals surface area contributed by atoms with Gasteiger partial charge in [-0.05, 0) is 25.1 Å². The van der Waals surface area contributed by atoms with Crippen LogP contribution in [0.25, 0.3) is 12.3 Å². The number of piperazine rings is 1. The molecule has 0 spiro atoms. The second-order valence-corrected chi connectivity index (χ2v) is 7.07. The minimum Gasteiger partial charge on any atom is -0.370 e. The van der Waals surface area contributed by atoms with Gasteiger partial charge in [-0.15, -0.1) is 0 Å². The highest BCUT2D eigenvalue weighted by Crippen LogP contribution is 2.18. The summed E-state index contributed by atoms with van der Waals surface area (Å²) in [6.45, 7) is 15.7. The summed E-state index contributed by atoms with van der Waals surface area (Å²) in [6.07, 6.45) is 4.81. The number of nitrogens with zero attached hydrogens (tertiary/aromatic N) is 2. The van der Waals surface area contributed by atoms with Crippen LogP contribution in [0.3, 0.4) is 0 Å². The highest BCUT2D eigenvalue weighted by Gasteiger charge is 2.28. The van der Waals surface area contributed by atoms with Crippen molar-refractivity contribution >= 4 is 12.3 Å². The van der Waals surface area contributed by atoms with Crippen molar-refractivity contribution in [3.05, 3.63) is 46.9 Å². The molecule has 2 heterocycles. The fraction of sp³-hybridized carbons (Fsp3) is 0.524. The predicted octanol–water partition coefficient (Wildman–Crippen LogP) is 0.776. The molecular formula is C21H31N3O. The van der Waals surface area contributed by atoms with Gasteiger partial charge in [-0.3, -0.25) is 4.90 Å². The Kier molecular flexibility index (Phi) is 6.29. The van der Waals surface area contributed by atoms with Crippen molar-refractivity contribution in [2.45, 2.75) is 26.1 Å². The number of nitrogens with one attached hydrogen (secondary N) is 1. The lowest BCUT2D eigenvalue weighted by Crippen LogP contribution is -2.53. The lowest BCUT2D eigenvalue weighted by Gasteiger charge is -2.41. The monoisotopic (exact) mass is 341 g/mol. The van der Waals surface area contributed by atoms with Gasteiger partial charge in [0.05, 0.1) is 12.2 Å². The summed E-state index contributed by atoms with van der Waals surface area (Å²) in [6, 6.07) is 8.40. The molecule has 2 aliphatic heterocycles. The van der Waals surface area contributed by atoms with Crippen molar-refractivity contribution in [1.82, 2.24) is 15.1 Å². The SMILES string of the molecule is C=c1cccc/c1=C(/C=C\C)N1C[C@H](CN2CCNCC2)O[C@H](C)C1. The lowest BCUT2D eigenvalue weighted by molar-refractivity contribution is -0.0733. The summed E-state index contributed by atoms with van der Waals surface area (Å²) in [5.74, 6) is 0. The van der Waals surface area contributed by atoms with Crippen LogP contribution in [-0.2, 0) is 4.74 Å². The molecule has 0 unspecified atom stereocenters. The van der Waals surface area contributed by atoms with Crippen LogP contribution in [-0.4, -0.2) is 67.8 Å². The summed E-state index contributed by atoms with van der Waals surface area (Å²) in [5, 5.41) is 5.71. The third kappa shape index (κ3) is 4.72. The minimum absolute atomic E-state index is 0.235. The molecule has 4 heteroatoms. The van der Waals surface area contributed by atoms with E-state index < -0.39 is 0 Å². The Morgan fingerprint density at radius 2 is 2.04 bits per heavy atom. The van der Waals surface area contributed by atoms with Crippen molar-refractivity contribution in [1.29, 1.82) is 0 Å². The Balaban J connectivity index is 1.83. The van der Waals surface area contributed by atoms with Crippen molar-refractivity contribution in [2.24, 2.45) is 0 Å².